The number of carbonyl (C=O) groups excluding carboxylic acids is 1. The van der Waals surface area contributed by atoms with E-state index in [1.54, 1.807) is 38.1 Å². The number of piperidine rings is 1. The Balaban J connectivity index is 1.51. The van der Waals surface area contributed by atoms with E-state index in [1.165, 1.54) is 27.4 Å². The van der Waals surface area contributed by atoms with Crippen molar-refractivity contribution in [3.05, 3.63) is 85.9 Å². The first-order chi connectivity index (χ1) is 18.2. The van der Waals surface area contributed by atoms with E-state index < -0.39 is 27.4 Å². The molecule has 38 heavy (non-hydrogen) atoms. The zero-order chi connectivity index (χ0) is 26.8. The van der Waals surface area contributed by atoms with Crippen LogP contribution in [0, 0.1) is 13.8 Å². The van der Waals surface area contributed by atoms with Gasteiger partial charge in [-0.3, -0.25) is 14.5 Å². The number of aromatic nitrogens is 1. The van der Waals surface area contributed by atoms with Crippen LogP contribution in [-0.2, 0) is 10.0 Å². The molecule has 1 saturated heterocycles. The SMILES string of the molecule is Cc1cc(N2C(=O)c3oc4cc(C)c(Cl)cc4c(=O)c3C2c2ccc(S(=O)(=O)N3CCCCC3)cc2)no1. The van der Waals surface area contributed by atoms with Crippen molar-refractivity contribution in [2.45, 2.75) is 44.0 Å². The van der Waals surface area contributed by atoms with Crippen LogP contribution in [0.3, 0.4) is 0 Å². The lowest BCUT2D eigenvalue weighted by molar-refractivity contribution is 0.0969. The number of anilines is 1. The minimum absolute atomic E-state index is 0.0973. The van der Waals surface area contributed by atoms with E-state index in [4.69, 9.17) is 20.5 Å². The van der Waals surface area contributed by atoms with Crippen LogP contribution in [0.4, 0.5) is 5.82 Å². The monoisotopic (exact) mass is 553 g/mol. The van der Waals surface area contributed by atoms with Crippen LogP contribution in [0.2, 0.25) is 5.02 Å². The van der Waals surface area contributed by atoms with Gasteiger partial charge in [-0.05, 0) is 62.1 Å². The third-order valence-corrected chi connectivity index (χ3v) is 9.48. The molecule has 4 heterocycles. The molecule has 0 bridgehead atoms. The van der Waals surface area contributed by atoms with Crippen LogP contribution >= 0.6 is 11.6 Å². The summed E-state index contributed by atoms with van der Waals surface area (Å²) < 4.78 is 39.1. The van der Waals surface area contributed by atoms with Gasteiger partial charge < -0.3 is 8.94 Å². The summed E-state index contributed by atoms with van der Waals surface area (Å²) in [6.45, 7) is 4.46. The van der Waals surface area contributed by atoms with E-state index in [1.807, 2.05) is 0 Å². The van der Waals surface area contributed by atoms with Gasteiger partial charge in [-0.1, -0.05) is 35.3 Å². The standard InChI is InChI=1S/C27H24ClN3O6S/c1-15-12-21-19(14-20(15)28)25(32)23-24(31(27(33)26(23)36-21)22-13-16(2)37-29-22)17-6-8-18(9-7-17)38(34,35)30-10-4-3-5-11-30/h6-9,12-14,24H,3-5,10-11H2,1-2H3. The number of rotatable bonds is 4. The average Bonchev–Trinajstić information content (AvgIpc) is 3.46. The molecule has 0 radical (unpaired) electrons. The summed E-state index contributed by atoms with van der Waals surface area (Å²) in [6.07, 6.45) is 2.68. The lowest BCUT2D eigenvalue weighted by Gasteiger charge is -2.26. The number of aryl methyl sites for hydroxylation is 2. The number of halogens is 1. The van der Waals surface area contributed by atoms with Crippen LogP contribution in [0.25, 0.3) is 11.0 Å². The topological polar surface area (TPSA) is 114 Å². The molecule has 9 nitrogen and oxygen atoms in total. The smallest absolute Gasteiger partial charge is 0.296 e. The summed E-state index contributed by atoms with van der Waals surface area (Å²) in [5.74, 6) is 0.0544. The summed E-state index contributed by atoms with van der Waals surface area (Å²) in [5, 5.41) is 4.67. The minimum Gasteiger partial charge on any atom is -0.450 e. The molecular formula is C27H24ClN3O6S. The summed E-state index contributed by atoms with van der Waals surface area (Å²) in [6, 6.07) is 10.1. The first kappa shape index (κ1) is 24.8. The highest BCUT2D eigenvalue weighted by Crippen LogP contribution is 2.41. The molecule has 1 atom stereocenters. The molecule has 0 spiro atoms. The maximum absolute atomic E-state index is 13.8. The maximum Gasteiger partial charge on any atom is 0.296 e. The van der Waals surface area contributed by atoms with E-state index in [2.05, 4.69) is 5.16 Å². The third-order valence-electron chi connectivity index (χ3n) is 7.16. The van der Waals surface area contributed by atoms with Crippen molar-refractivity contribution >= 4 is 44.3 Å². The van der Waals surface area contributed by atoms with Crippen molar-refractivity contribution < 1.29 is 22.2 Å². The maximum atomic E-state index is 13.8. The lowest BCUT2D eigenvalue weighted by Crippen LogP contribution is -2.35. The predicted octanol–water partition coefficient (Wildman–Crippen LogP) is 4.98. The second-order valence-corrected chi connectivity index (χ2v) is 12.0. The van der Waals surface area contributed by atoms with Crippen molar-refractivity contribution in [3.63, 3.8) is 0 Å². The Bertz CT molecular complexity index is 1750. The van der Waals surface area contributed by atoms with Crippen LogP contribution < -0.4 is 10.3 Å². The minimum atomic E-state index is -3.65. The van der Waals surface area contributed by atoms with Crippen LogP contribution in [-0.4, -0.2) is 36.9 Å². The van der Waals surface area contributed by atoms with Gasteiger partial charge in [-0.2, -0.15) is 4.31 Å². The second-order valence-electron chi connectivity index (χ2n) is 9.68. The number of carbonyl (C=O) groups is 1. The van der Waals surface area contributed by atoms with Gasteiger partial charge in [0.25, 0.3) is 5.91 Å². The number of amides is 1. The zero-order valence-corrected chi connectivity index (χ0v) is 22.3. The van der Waals surface area contributed by atoms with Gasteiger partial charge in [-0.25, -0.2) is 8.42 Å². The third kappa shape index (κ3) is 3.86. The summed E-state index contributed by atoms with van der Waals surface area (Å²) in [5.41, 5.74) is 1.23. The van der Waals surface area contributed by atoms with Crippen LogP contribution in [0.15, 0.2) is 61.1 Å². The Hall–Kier alpha value is -3.47. The number of hydrogen-bond acceptors (Lipinski definition) is 7. The van der Waals surface area contributed by atoms with E-state index in [9.17, 15) is 18.0 Å². The van der Waals surface area contributed by atoms with Gasteiger partial charge in [0, 0.05) is 24.2 Å². The Morgan fingerprint density at radius 1 is 1.00 bits per heavy atom. The van der Waals surface area contributed by atoms with Crippen molar-refractivity contribution in [1.29, 1.82) is 0 Å². The fourth-order valence-corrected chi connectivity index (χ4v) is 6.87. The normalized spacial score (nSPS) is 18.3. The Morgan fingerprint density at radius 2 is 1.71 bits per heavy atom. The molecule has 2 aromatic heterocycles. The highest BCUT2D eigenvalue weighted by atomic mass is 35.5. The van der Waals surface area contributed by atoms with E-state index in [0.717, 1.165) is 19.3 Å². The molecule has 1 fully saturated rings. The van der Waals surface area contributed by atoms with Gasteiger partial charge >= 0.3 is 0 Å². The largest absolute Gasteiger partial charge is 0.450 e. The highest BCUT2D eigenvalue weighted by Gasteiger charge is 2.45. The Labute approximate surface area is 223 Å². The molecule has 11 heteroatoms. The van der Waals surface area contributed by atoms with Gasteiger partial charge in [-0.15, -0.1) is 0 Å². The number of sulfonamides is 1. The van der Waals surface area contributed by atoms with Crippen molar-refractivity contribution in [2.75, 3.05) is 18.0 Å². The molecule has 0 saturated carbocycles. The molecule has 2 aliphatic rings. The number of hydrogen-bond donors (Lipinski definition) is 0. The summed E-state index contributed by atoms with van der Waals surface area (Å²) in [7, 11) is -3.65. The molecule has 1 amide bonds. The van der Waals surface area contributed by atoms with Crippen molar-refractivity contribution in [3.8, 4) is 0 Å². The Kier molecular flexibility index (Phi) is 5.93. The highest BCUT2D eigenvalue weighted by molar-refractivity contribution is 7.89. The molecular weight excluding hydrogens is 530 g/mol. The van der Waals surface area contributed by atoms with Gasteiger partial charge in [0.15, 0.2) is 11.2 Å². The fraction of sp³-hybridized carbons (Fsp3) is 0.296. The molecule has 196 valence electrons. The van der Waals surface area contributed by atoms with Gasteiger partial charge in [0.1, 0.15) is 11.3 Å². The van der Waals surface area contributed by atoms with E-state index >= 15 is 0 Å². The van der Waals surface area contributed by atoms with Crippen molar-refractivity contribution in [2.24, 2.45) is 0 Å². The molecule has 4 aromatic rings. The van der Waals surface area contributed by atoms with E-state index in [0.29, 0.717) is 35.0 Å². The quantitative estimate of drug-likeness (QED) is 0.350. The average molecular weight is 554 g/mol. The number of fused-ring (bicyclic) bond motifs is 2. The molecule has 0 aliphatic carbocycles. The first-order valence-corrected chi connectivity index (χ1v) is 14.1. The van der Waals surface area contributed by atoms with Crippen molar-refractivity contribution in [1.82, 2.24) is 9.46 Å². The molecule has 1 unspecified atom stereocenters. The molecule has 2 aliphatic heterocycles. The van der Waals surface area contributed by atoms with Gasteiger partial charge in [0.2, 0.25) is 15.8 Å². The Morgan fingerprint density at radius 3 is 2.37 bits per heavy atom. The van der Waals surface area contributed by atoms with Gasteiger partial charge in [0.05, 0.1) is 21.9 Å². The first-order valence-electron chi connectivity index (χ1n) is 12.3. The summed E-state index contributed by atoms with van der Waals surface area (Å²) in [4.78, 5) is 28.9. The predicted molar refractivity (Wildman–Crippen MR) is 141 cm³/mol. The molecule has 2 aromatic carbocycles. The molecule has 6 rings (SSSR count). The zero-order valence-electron chi connectivity index (χ0n) is 20.7. The van der Waals surface area contributed by atoms with Crippen LogP contribution in [0.5, 0.6) is 0 Å². The number of nitrogens with zero attached hydrogens (tertiary/aromatic N) is 3. The fourth-order valence-electron chi connectivity index (χ4n) is 5.19. The summed E-state index contributed by atoms with van der Waals surface area (Å²) >= 11 is 6.30. The lowest BCUT2D eigenvalue weighted by atomic mass is 9.98. The number of benzene rings is 2. The second kappa shape index (κ2) is 9.07. The van der Waals surface area contributed by atoms with Crippen LogP contribution in [0.1, 0.15) is 58.3 Å². The molecule has 0 N–H and O–H groups in total. The van der Waals surface area contributed by atoms with E-state index in [-0.39, 0.29) is 33.0 Å².